The van der Waals surface area contributed by atoms with Crippen molar-refractivity contribution in [3.05, 3.63) is 0 Å². The fourth-order valence-electron chi connectivity index (χ4n) is 2.00. The van der Waals surface area contributed by atoms with Crippen molar-refractivity contribution in [1.29, 1.82) is 0 Å². The monoisotopic (exact) mass is 214 g/mol. The Morgan fingerprint density at radius 1 is 1.64 bits per heavy atom. The van der Waals surface area contributed by atoms with E-state index < -0.39 is 0 Å². The maximum absolute atomic E-state index is 11.3. The van der Waals surface area contributed by atoms with Gasteiger partial charge >= 0.3 is 0 Å². The van der Waals surface area contributed by atoms with Crippen molar-refractivity contribution in [3.8, 4) is 0 Å². The number of nitrogens with two attached hydrogens (primary N) is 1. The molecule has 1 fully saturated rings. The van der Waals surface area contributed by atoms with Crippen molar-refractivity contribution in [1.82, 2.24) is 5.32 Å². The third kappa shape index (κ3) is 3.62. The molecule has 4 heteroatoms. The highest BCUT2D eigenvalue weighted by molar-refractivity contribution is 7.80. The average molecular weight is 214 g/mol. The molecule has 0 aliphatic heterocycles. The van der Waals surface area contributed by atoms with Gasteiger partial charge in [-0.25, -0.2) is 0 Å². The van der Waals surface area contributed by atoms with Gasteiger partial charge in [-0.15, -0.1) is 0 Å². The van der Waals surface area contributed by atoms with E-state index in [4.69, 9.17) is 5.73 Å². The Kier molecular flexibility index (Phi) is 3.48. The fraction of sp³-hybridized carbons (Fsp3) is 0.800. The highest BCUT2D eigenvalue weighted by Gasteiger charge is 2.31. The van der Waals surface area contributed by atoms with Crippen molar-refractivity contribution in [2.75, 3.05) is 0 Å². The third-order valence-corrected chi connectivity index (χ3v) is 2.81. The molecule has 0 aromatic heterocycles. The Bertz CT molecular complexity index is 251. The minimum Gasteiger partial charge on any atom is -0.393 e. The predicted octanol–water partition coefficient (Wildman–Crippen LogP) is 1.36. The van der Waals surface area contributed by atoms with Gasteiger partial charge in [0, 0.05) is 6.04 Å². The van der Waals surface area contributed by atoms with Gasteiger partial charge in [0.2, 0.25) is 5.91 Å². The largest absolute Gasteiger partial charge is 0.393 e. The van der Waals surface area contributed by atoms with Crippen LogP contribution in [-0.4, -0.2) is 16.9 Å². The van der Waals surface area contributed by atoms with Gasteiger partial charge in [-0.2, -0.15) is 0 Å². The molecular weight excluding hydrogens is 196 g/mol. The van der Waals surface area contributed by atoms with Crippen LogP contribution in [0.4, 0.5) is 0 Å². The van der Waals surface area contributed by atoms with E-state index in [1.165, 1.54) is 6.42 Å². The van der Waals surface area contributed by atoms with Crippen LogP contribution in [0.5, 0.6) is 0 Å². The van der Waals surface area contributed by atoms with Crippen molar-refractivity contribution >= 4 is 23.1 Å². The number of rotatable bonds is 3. The molecule has 1 rings (SSSR count). The molecule has 1 aliphatic carbocycles. The molecular formula is C10H18N2OS. The van der Waals surface area contributed by atoms with Crippen molar-refractivity contribution in [3.63, 3.8) is 0 Å². The standard InChI is InChI=1S/C10H18N2OS/c1-10(2)4-3-7(6-10)12-9(13)5-8(11)14/h7H,3-6H2,1-2H3,(H2,11,14)(H,12,13). The van der Waals surface area contributed by atoms with Crippen LogP contribution < -0.4 is 11.1 Å². The molecule has 0 saturated heterocycles. The van der Waals surface area contributed by atoms with E-state index in [-0.39, 0.29) is 17.3 Å². The predicted molar refractivity (Wildman–Crippen MR) is 61.0 cm³/mol. The summed E-state index contributed by atoms with van der Waals surface area (Å²) in [5.41, 5.74) is 5.65. The first-order valence-corrected chi connectivity index (χ1v) is 5.37. The zero-order valence-corrected chi connectivity index (χ0v) is 9.62. The fourth-order valence-corrected chi connectivity index (χ4v) is 2.13. The van der Waals surface area contributed by atoms with Gasteiger partial charge in [0.15, 0.2) is 0 Å². The van der Waals surface area contributed by atoms with E-state index in [2.05, 4.69) is 31.4 Å². The molecule has 14 heavy (non-hydrogen) atoms. The van der Waals surface area contributed by atoms with Crippen LogP contribution in [-0.2, 0) is 4.79 Å². The molecule has 3 N–H and O–H groups in total. The van der Waals surface area contributed by atoms with Crippen molar-refractivity contribution in [2.45, 2.75) is 45.6 Å². The van der Waals surface area contributed by atoms with Crippen LogP contribution in [0.25, 0.3) is 0 Å². The lowest BCUT2D eigenvalue weighted by Crippen LogP contribution is -2.35. The van der Waals surface area contributed by atoms with E-state index >= 15 is 0 Å². The molecule has 0 bridgehead atoms. The van der Waals surface area contributed by atoms with E-state index in [1.807, 2.05) is 0 Å². The van der Waals surface area contributed by atoms with Crippen molar-refractivity contribution < 1.29 is 4.79 Å². The minimum atomic E-state index is -0.0415. The van der Waals surface area contributed by atoms with Gasteiger partial charge in [-0.3, -0.25) is 4.79 Å². The molecule has 0 spiro atoms. The van der Waals surface area contributed by atoms with E-state index in [0.717, 1.165) is 12.8 Å². The Balaban J connectivity index is 2.32. The molecule has 1 aliphatic rings. The van der Waals surface area contributed by atoms with Gasteiger partial charge in [0.05, 0.1) is 11.4 Å². The Morgan fingerprint density at radius 3 is 2.71 bits per heavy atom. The number of carbonyl (C=O) groups excluding carboxylic acids is 1. The van der Waals surface area contributed by atoms with Crippen LogP contribution in [0.3, 0.4) is 0 Å². The molecule has 1 saturated carbocycles. The first-order valence-electron chi connectivity index (χ1n) is 4.97. The van der Waals surface area contributed by atoms with Crippen LogP contribution in [0.1, 0.15) is 39.5 Å². The van der Waals surface area contributed by atoms with Gasteiger partial charge in [-0.1, -0.05) is 26.1 Å². The summed E-state index contributed by atoms with van der Waals surface area (Å²) in [6, 6.07) is 0.312. The second-order valence-electron chi connectivity index (χ2n) is 4.81. The van der Waals surface area contributed by atoms with Gasteiger partial charge in [0.25, 0.3) is 0 Å². The lowest BCUT2D eigenvalue weighted by Gasteiger charge is -2.17. The van der Waals surface area contributed by atoms with Crippen LogP contribution >= 0.6 is 12.2 Å². The number of carbonyl (C=O) groups is 1. The second kappa shape index (κ2) is 4.26. The quantitative estimate of drug-likeness (QED) is 0.697. The summed E-state index contributed by atoms with van der Waals surface area (Å²) in [6.07, 6.45) is 3.46. The number of hydrogen-bond acceptors (Lipinski definition) is 2. The lowest BCUT2D eigenvalue weighted by molar-refractivity contribution is -0.120. The van der Waals surface area contributed by atoms with Gasteiger partial charge in [-0.05, 0) is 24.7 Å². The summed E-state index contributed by atoms with van der Waals surface area (Å²) < 4.78 is 0. The Hall–Kier alpha value is -0.640. The first-order chi connectivity index (χ1) is 6.39. The topological polar surface area (TPSA) is 55.1 Å². The second-order valence-corrected chi connectivity index (χ2v) is 5.34. The molecule has 1 atom stereocenters. The summed E-state index contributed by atoms with van der Waals surface area (Å²) in [4.78, 5) is 11.6. The molecule has 1 unspecified atom stereocenters. The summed E-state index contributed by atoms with van der Waals surface area (Å²) in [7, 11) is 0. The van der Waals surface area contributed by atoms with Gasteiger partial charge in [0.1, 0.15) is 0 Å². The van der Waals surface area contributed by atoms with E-state index in [9.17, 15) is 4.79 Å². The molecule has 0 aromatic carbocycles. The van der Waals surface area contributed by atoms with E-state index in [0.29, 0.717) is 11.5 Å². The average Bonchev–Trinajstić information content (AvgIpc) is 2.27. The first kappa shape index (κ1) is 11.4. The number of nitrogens with one attached hydrogen (secondary N) is 1. The molecule has 3 nitrogen and oxygen atoms in total. The number of amides is 1. The molecule has 0 radical (unpaired) electrons. The molecule has 0 heterocycles. The van der Waals surface area contributed by atoms with E-state index in [1.54, 1.807) is 0 Å². The molecule has 80 valence electrons. The maximum Gasteiger partial charge on any atom is 0.227 e. The summed E-state index contributed by atoms with van der Waals surface area (Å²) in [5.74, 6) is -0.0415. The Morgan fingerprint density at radius 2 is 2.29 bits per heavy atom. The highest BCUT2D eigenvalue weighted by Crippen LogP contribution is 2.36. The summed E-state index contributed by atoms with van der Waals surface area (Å²) in [5, 5.41) is 2.96. The molecule has 0 aromatic rings. The number of hydrogen-bond donors (Lipinski definition) is 2. The summed E-state index contributed by atoms with van der Waals surface area (Å²) >= 11 is 4.67. The van der Waals surface area contributed by atoms with Crippen LogP contribution in [0.15, 0.2) is 0 Å². The lowest BCUT2D eigenvalue weighted by atomic mass is 9.92. The zero-order chi connectivity index (χ0) is 10.8. The summed E-state index contributed by atoms with van der Waals surface area (Å²) in [6.45, 7) is 4.46. The minimum absolute atomic E-state index is 0.0415. The highest BCUT2D eigenvalue weighted by atomic mass is 32.1. The normalized spacial score (nSPS) is 24.6. The maximum atomic E-state index is 11.3. The van der Waals surface area contributed by atoms with Gasteiger partial charge < -0.3 is 11.1 Å². The Labute approximate surface area is 90.4 Å². The van der Waals surface area contributed by atoms with Crippen molar-refractivity contribution in [2.24, 2.45) is 11.1 Å². The number of thiocarbonyl (C=S) groups is 1. The SMILES string of the molecule is CC1(C)CCC(NC(=O)CC(N)=S)C1. The van der Waals surface area contributed by atoms with Crippen LogP contribution in [0, 0.1) is 5.41 Å². The van der Waals surface area contributed by atoms with Crippen LogP contribution in [0.2, 0.25) is 0 Å². The zero-order valence-electron chi connectivity index (χ0n) is 8.80. The molecule has 1 amide bonds. The smallest absolute Gasteiger partial charge is 0.227 e. The third-order valence-electron chi connectivity index (χ3n) is 2.67.